The lowest BCUT2D eigenvalue weighted by Gasteiger charge is -2.36. The minimum Gasteiger partial charge on any atom is -0.354 e. The molecule has 0 bridgehead atoms. The number of carbonyl (C=O) groups is 1. The predicted octanol–water partition coefficient (Wildman–Crippen LogP) is 4.60. The molecule has 0 aliphatic heterocycles. The molecule has 0 saturated heterocycles. The molecule has 1 aromatic heterocycles. The lowest BCUT2D eigenvalue weighted by molar-refractivity contribution is -0.123. The van der Waals surface area contributed by atoms with Crippen molar-refractivity contribution in [2.24, 2.45) is 17.6 Å². The number of nitrogens with two attached hydrogens (primary N) is 1. The monoisotopic (exact) mass is 427 g/mol. The lowest BCUT2D eigenvalue weighted by atomic mass is 9.70. The number of hydrogen-bond donors (Lipinski definition) is 3. The second kappa shape index (κ2) is 7.71. The molecular formula is C24H24F3N3O. The highest BCUT2D eigenvalue weighted by molar-refractivity contribution is 5.92. The van der Waals surface area contributed by atoms with E-state index in [-0.39, 0.29) is 29.1 Å². The van der Waals surface area contributed by atoms with Gasteiger partial charge >= 0.3 is 0 Å². The van der Waals surface area contributed by atoms with E-state index in [0.717, 1.165) is 42.9 Å². The van der Waals surface area contributed by atoms with Gasteiger partial charge in [0.05, 0.1) is 17.3 Å². The van der Waals surface area contributed by atoms with Crippen LogP contribution < -0.4 is 11.1 Å². The van der Waals surface area contributed by atoms with Crippen LogP contribution in [0.2, 0.25) is 0 Å². The average molecular weight is 427 g/mol. The van der Waals surface area contributed by atoms with Crippen LogP contribution in [0.25, 0.3) is 22.2 Å². The smallest absolute Gasteiger partial charge is 0.237 e. The van der Waals surface area contributed by atoms with Crippen molar-refractivity contribution in [3.8, 4) is 11.3 Å². The SMILES string of the molecule is N[C@H](C(=O)NC[C@H]1C[C@H](c2c(-c3ccc(F)cc3)[nH]c3c(F)cc(F)cc32)C1)C1CC1. The fourth-order valence-electron chi connectivity index (χ4n) is 4.68. The molecule has 7 heteroatoms. The molecule has 2 aliphatic rings. The van der Waals surface area contributed by atoms with Gasteiger partial charge < -0.3 is 16.0 Å². The third kappa shape index (κ3) is 3.82. The summed E-state index contributed by atoms with van der Waals surface area (Å²) >= 11 is 0. The van der Waals surface area contributed by atoms with Crippen LogP contribution in [-0.4, -0.2) is 23.5 Å². The van der Waals surface area contributed by atoms with Crippen molar-refractivity contribution < 1.29 is 18.0 Å². The zero-order valence-electron chi connectivity index (χ0n) is 16.9. The summed E-state index contributed by atoms with van der Waals surface area (Å²) in [5, 5.41) is 3.46. The van der Waals surface area contributed by atoms with Crippen molar-refractivity contribution in [3.05, 3.63) is 59.4 Å². The maximum Gasteiger partial charge on any atom is 0.237 e. The molecule has 2 aliphatic carbocycles. The predicted molar refractivity (Wildman–Crippen MR) is 113 cm³/mol. The van der Waals surface area contributed by atoms with E-state index in [2.05, 4.69) is 10.3 Å². The Labute approximate surface area is 178 Å². The molecule has 0 unspecified atom stereocenters. The third-order valence-electron chi connectivity index (χ3n) is 6.64. The van der Waals surface area contributed by atoms with Crippen molar-refractivity contribution in [2.75, 3.05) is 6.54 Å². The van der Waals surface area contributed by atoms with Crippen LogP contribution in [0.5, 0.6) is 0 Å². The number of benzene rings is 2. The van der Waals surface area contributed by atoms with Crippen LogP contribution >= 0.6 is 0 Å². The van der Waals surface area contributed by atoms with Gasteiger partial charge in [0.2, 0.25) is 5.91 Å². The fraction of sp³-hybridized carbons (Fsp3) is 0.375. The molecule has 3 aromatic rings. The molecule has 5 rings (SSSR count). The standard InChI is InChI=1S/C24H24F3N3O/c25-16-5-3-14(4-6-16)22-20(18-9-17(26)10-19(27)23(18)30-22)15-7-12(8-15)11-29-24(31)21(28)13-1-2-13/h3-6,9-10,12-13,15,21,30H,1-2,7-8,11,28H2,(H,29,31)/t12-,15-,21-/m0/s1. The Morgan fingerprint density at radius 3 is 2.48 bits per heavy atom. The molecule has 1 atom stereocenters. The van der Waals surface area contributed by atoms with Crippen LogP contribution in [0.15, 0.2) is 36.4 Å². The minimum atomic E-state index is -0.651. The number of aromatic amines is 1. The van der Waals surface area contributed by atoms with Gasteiger partial charge in [0.1, 0.15) is 17.5 Å². The van der Waals surface area contributed by atoms with E-state index in [0.29, 0.717) is 23.5 Å². The average Bonchev–Trinajstić information content (AvgIpc) is 3.49. The maximum atomic E-state index is 14.4. The number of carbonyl (C=O) groups excluding carboxylic acids is 1. The number of aromatic nitrogens is 1. The Morgan fingerprint density at radius 2 is 1.81 bits per heavy atom. The van der Waals surface area contributed by atoms with Gasteiger partial charge in [-0.25, -0.2) is 13.2 Å². The van der Waals surface area contributed by atoms with Crippen LogP contribution in [0, 0.1) is 29.3 Å². The molecule has 0 radical (unpaired) electrons. The molecule has 1 heterocycles. The summed E-state index contributed by atoms with van der Waals surface area (Å²) in [5.74, 6) is -1.06. The van der Waals surface area contributed by atoms with E-state index in [9.17, 15) is 18.0 Å². The van der Waals surface area contributed by atoms with E-state index >= 15 is 0 Å². The van der Waals surface area contributed by atoms with E-state index in [1.807, 2.05) is 0 Å². The van der Waals surface area contributed by atoms with E-state index in [1.54, 1.807) is 12.1 Å². The first-order chi connectivity index (χ1) is 14.9. The number of H-pyrrole nitrogens is 1. The summed E-state index contributed by atoms with van der Waals surface area (Å²) in [6.07, 6.45) is 3.61. The largest absolute Gasteiger partial charge is 0.354 e. The van der Waals surface area contributed by atoms with Crippen molar-refractivity contribution >= 4 is 16.8 Å². The summed E-state index contributed by atoms with van der Waals surface area (Å²) in [4.78, 5) is 15.2. The quantitative estimate of drug-likeness (QED) is 0.538. The highest BCUT2D eigenvalue weighted by Gasteiger charge is 2.37. The van der Waals surface area contributed by atoms with Gasteiger partial charge in [-0.3, -0.25) is 4.79 Å². The van der Waals surface area contributed by atoms with Crippen LogP contribution in [0.4, 0.5) is 13.2 Å². The Morgan fingerprint density at radius 1 is 1.10 bits per heavy atom. The Hall–Kier alpha value is -2.80. The topological polar surface area (TPSA) is 70.9 Å². The molecule has 1 amide bonds. The van der Waals surface area contributed by atoms with Crippen molar-refractivity contribution in [2.45, 2.75) is 37.6 Å². The maximum absolute atomic E-state index is 14.4. The van der Waals surface area contributed by atoms with Crippen molar-refractivity contribution in [1.82, 2.24) is 10.3 Å². The summed E-state index contributed by atoms with van der Waals surface area (Å²) < 4.78 is 41.9. The van der Waals surface area contributed by atoms with Crippen molar-refractivity contribution in [3.63, 3.8) is 0 Å². The highest BCUT2D eigenvalue weighted by atomic mass is 19.1. The van der Waals surface area contributed by atoms with Gasteiger partial charge in [0, 0.05) is 18.0 Å². The third-order valence-corrected chi connectivity index (χ3v) is 6.64. The zero-order chi connectivity index (χ0) is 21.7. The second-order valence-electron chi connectivity index (χ2n) is 8.87. The van der Waals surface area contributed by atoms with Gasteiger partial charge in [-0.05, 0) is 84.9 Å². The van der Waals surface area contributed by atoms with E-state index in [4.69, 9.17) is 5.73 Å². The molecule has 0 spiro atoms. The molecule has 4 N–H and O–H groups in total. The van der Waals surface area contributed by atoms with Gasteiger partial charge in [-0.2, -0.15) is 0 Å². The summed E-state index contributed by atoms with van der Waals surface area (Å²) in [5.41, 5.74) is 8.45. The Bertz CT molecular complexity index is 1130. The number of fused-ring (bicyclic) bond motifs is 1. The molecular weight excluding hydrogens is 403 g/mol. The van der Waals surface area contributed by atoms with Crippen LogP contribution in [-0.2, 0) is 4.79 Å². The normalized spacial score (nSPS) is 21.7. The summed E-state index contributed by atoms with van der Waals surface area (Å²) in [6.45, 7) is 0.548. The van der Waals surface area contributed by atoms with E-state index < -0.39 is 17.7 Å². The van der Waals surface area contributed by atoms with E-state index in [1.165, 1.54) is 18.2 Å². The molecule has 2 saturated carbocycles. The number of rotatable bonds is 6. The first kappa shape index (κ1) is 20.1. The van der Waals surface area contributed by atoms with Crippen molar-refractivity contribution in [1.29, 1.82) is 0 Å². The fourth-order valence-corrected chi connectivity index (χ4v) is 4.68. The minimum absolute atomic E-state index is 0.0917. The first-order valence-electron chi connectivity index (χ1n) is 10.7. The van der Waals surface area contributed by atoms with Gasteiger partial charge in [0.25, 0.3) is 0 Å². The number of nitrogens with one attached hydrogen (secondary N) is 2. The number of hydrogen-bond acceptors (Lipinski definition) is 2. The Kier molecular flexibility index (Phi) is 5.01. The summed E-state index contributed by atoms with van der Waals surface area (Å²) in [6, 6.07) is 7.75. The van der Waals surface area contributed by atoms with Gasteiger partial charge in [0.15, 0.2) is 0 Å². The Balaban J connectivity index is 1.38. The van der Waals surface area contributed by atoms with Crippen LogP contribution in [0.3, 0.4) is 0 Å². The summed E-state index contributed by atoms with van der Waals surface area (Å²) in [7, 11) is 0. The zero-order valence-corrected chi connectivity index (χ0v) is 16.9. The highest BCUT2D eigenvalue weighted by Crippen LogP contribution is 2.48. The second-order valence-corrected chi connectivity index (χ2v) is 8.87. The molecule has 162 valence electrons. The van der Waals surface area contributed by atoms with Gasteiger partial charge in [-0.15, -0.1) is 0 Å². The molecule has 2 aromatic carbocycles. The molecule has 2 fully saturated rings. The van der Waals surface area contributed by atoms with Crippen LogP contribution in [0.1, 0.15) is 37.2 Å². The lowest BCUT2D eigenvalue weighted by Crippen LogP contribution is -2.45. The van der Waals surface area contributed by atoms with Gasteiger partial charge in [-0.1, -0.05) is 0 Å². The number of amides is 1. The molecule has 31 heavy (non-hydrogen) atoms. The first-order valence-corrected chi connectivity index (χ1v) is 10.7. The molecule has 4 nitrogen and oxygen atoms in total. The number of halogens is 3.